The SMILES string of the molecule is Clc1cc(-c2ccc(-c3ccc4ccccc4n3)cc2)nc2c1cc(-c1cc3ccccc3c3ccccc13)c1ccccc12. The molecule has 3 heteroatoms. The fourth-order valence-corrected chi connectivity index (χ4v) is 6.95. The van der Waals surface area contributed by atoms with Gasteiger partial charge >= 0.3 is 0 Å². The largest absolute Gasteiger partial charge is 0.248 e. The zero-order chi connectivity index (χ0) is 29.9. The molecule has 0 saturated heterocycles. The van der Waals surface area contributed by atoms with Crippen molar-refractivity contribution in [3.05, 3.63) is 157 Å². The number of para-hydroxylation sites is 1. The molecule has 210 valence electrons. The van der Waals surface area contributed by atoms with Crippen LogP contribution in [0.2, 0.25) is 5.02 Å². The Kier molecular flexibility index (Phi) is 5.90. The lowest BCUT2D eigenvalue weighted by molar-refractivity contribution is 1.38. The van der Waals surface area contributed by atoms with E-state index in [2.05, 4.69) is 127 Å². The maximum Gasteiger partial charge on any atom is 0.0803 e. The third kappa shape index (κ3) is 4.26. The van der Waals surface area contributed by atoms with Gasteiger partial charge in [-0.15, -0.1) is 0 Å². The van der Waals surface area contributed by atoms with Crippen molar-refractivity contribution < 1.29 is 0 Å². The van der Waals surface area contributed by atoms with Crippen molar-refractivity contribution in [2.75, 3.05) is 0 Å². The zero-order valence-electron chi connectivity index (χ0n) is 24.2. The standard InChI is InChI=1S/C42H25ClN2/c43-38-25-41(28-19-17-27(18-20-28)40-22-21-26-9-2-8-16-39(26)44-40)45-42-34-15-7-6-14-33(34)36(24-37(38)42)35-23-29-10-1-3-11-30(29)31-12-4-5-13-32(31)35/h1-25H. The van der Waals surface area contributed by atoms with Crippen LogP contribution in [-0.2, 0) is 0 Å². The molecule has 0 aliphatic rings. The summed E-state index contributed by atoms with van der Waals surface area (Å²) in [4.78, 5) is 10.1. The number of halogens is 1. The topological polar surface area (TPSA) is 25.8 Å². The molecule has 0 saturated carbocycles. The first kappa shape index (κ1) is 25.9. The maximum absolute atomic E-state index is 7.12. The number of fused-ring (bicyclic) bond motifs is 7. The van der Waals surface area contributed by atoms with Crippen molar-refractivity contribution in [3.8, 4) is 33.6 Å². The number of pyridine rings is 2. The average Bonchev–Trinajstić information content (AvgIpc) is 3.11. The summed E-state index contributed by atoms with van der Waals surface area (Å²) in [6.45, 7) is 0. The predicted molar refractivity (Wildman–Crippen MR) is 191 cm³/mol. The Balaban J connectivity index is 1.21. The molecule has 2 nitrogen and oxygen atoms in total. The Labute approximate surface area is 265 Å². The van der Waals surface area contributed by atoms with E-state index in [1.165, 1.54) is 27.1 Å². The Bertz CT molecular complexity index is 2600. The summed E-state index contributed by atoms with van der Waals surface area (Å²) in [6, 6.07) is 53.2. The first-order valence-corrected chi connectivity index (χ1v) is 15.5. The molecule has 0 fully saturated rings. The van der Waals surface area contributed by atoms with Crippen LogP contribution >= 0.6 is 11.6 Å². The van der Waals surface area contributed by atoms with Crippen molar-refractivity contribution >= 4 is 65.7 Å². The van der Waals surface area contributed by atoms with E-state index < -0.39 is 0 Å². The number of hydrogen-bond donors (Lipinski definition) is 0. The normalized spacial score (nSPS) is 11.7. The first-order chi connectivity index (χ1) is 22.2. The van der Waals surface area contributed by atoms with Gasteiger partial charge in [0.25, 0.3) is 0 Å². The summed E-state index contributed by atoms with van der Waals surface area (Å²) >= 11 is 7.12. The van der Waals surface area contributed by atoms with Gasteiger partial charge in [0.1, 0.15) is 0 Å². The predicted octanol–water partition coefficient (Wildman–Crippen LogP) is 11.9. The quantitative estimate of drug-likeness (QED) is 0.191. The Hall–Kier alpha value is -5.57. The fraction of sp³-hybridized carbons (Fsp3) is 0. The zero-order valence-corrected chi connectivity index (χ0v) is 25.0. The smallest absolute Gasteiger partial charge is 0.0803 e. The van der Waals surface area contributed by atoms with E-state index in [4.69, 9.17) is 21.6 Å². The van der Waals surface area contributed by atoms with Crippen LogP contribution in [0.4, 0.5) is 0 Å². The first-order valence-electron chi connectivity index (χ1n) is 15.1. The van der Waals surface area contributed by atoms with Crippen LogP contribution in [0.5, 0.6) is 0 Å². The molecule has 0 unspecified atom stereocenters. The Morgan fingerprint density at radius 1 is 0.378 bits per heavy atom. The van der Waals surface area contributed by atoms with Crippen LogP contribution in [0.25, 0.3) is 87.8 Å². The Morgan fingerprint density at radius 2 is 0.956 bits per heavy atom. The van der Waals surface area contributed by atoms with Gasteiger partial charge in [0.05, 0.1) is 27.4 Å². The highest BCUT2D eigenvalue weighted by atomic mass is 35.5. The number of rotatable bonds is 3. The Morgan fingerprint density at radius 3 is 1.73 bits per heavy atom. The average molecular weight is 593 g/mol. The van der Waals surface area contributed by atoms with Gasteiger partial charge in [-0.2, -0.15) is 0 Å². The molecule has 2 aromatic heterocycles. The summed E-state index contributed by atoms with van der Waals surface area (Å²) < 4.78 is 0. The monoisotopic (exact) mass is 592 g/mol. The summed E-state index contributed by atoms with van der Waals surface area (Å²) in [5, 5.41) is 9.96. The fourth-order valence-electron chi connectivity index (χ4n) is 6.70. The number of hydrogen-bond acceptors (Lipinski definition) is 2. The van der Waals surface area contributed by atoms with Crippen molar-refractivity contribution in [3.63, 3.8) is 0 Å². The van der Waals surface area contributed by atoms with E-state index in [1.54, 1.807) is 0 Å². The third-order valence-corrected chi connectivity index (χ3v) is 9.21. The third-order valence-electron chi connectivity index (χ3n) is 8.90. The highest BCUT2D eigenvalue weighted by Crippen LogP contribution is 2.42. The van der Waals surface area contributed by atoms with Crippen LogP contribution in [0.1, 0.15) is 0 Å². The van der Waals surface area contributed by atoms with Crippen LogP contribution in [0, 0.1) is 0 Å². The summed E-state index contributed by atoms with van der Waals surface area (Å²) in [5.74, 6) is 0. The summed E-state index contributed by atoms with van der Waals surface area (Å²) in [6.07, 6.45) is 0. The highest BCUT2D eigenvalue weighted by molar-refractivity contribution is 6.37. The van der Waals surface area contributed by atoms with Gasteiger partial charge in [-0.05, 0) is 68.4 Å². The van der Waals surface area contributed by atoms with Crippen molar-refractivity contribution in [1.29, 1.82) is 0 Å². The van der Waals surface area contributed by atoms with Crippen LogP contribution in [0.15, 0.2) is 152 Å². The minimum atomic E-state index is 0.687. The molecule has 0 amide bonds. The molecular formula is C42H25ClN2. The molecule has 0 bridgehead atoms. The van der Waals surface area contributed by atoms with Crippen molar-refractivity contribution in [2.24, 2.45) is 0 Å². The second kappa shape index (κ2) is 10.3. The van der Waals surface area contributed by atoms with Crippen LogP contribution in [0.3, 0.4) is 0 Å². The molecule has 0 radical (unpaired) electrons. The van der Waals surface area contributed by atoms with Crippen molar-refractivity contribution in [1.82, 2.24) is 9.97 Å². The van der Waals surface area contributed by atoms with Gasteiger partial charge in [-0.3, -0.25) is 0 Å². The lowest BCUT2D eigenvalue weighted by Crippen LogP contribution is -1.92. The molecule has 7 aromatic carbocycles. The minimum absolute atomic E-state index is 0.687. The van der Waals surface area contributed by atoms with Gasteiger partial charge in [0, 0.05) is 27.3 Å². The lowest BCUT2D eigenvalue weighted by Gasteiger charge is -2.16. The highest BCUT2D eigenvalue weighted by Gasteiger charge is 2.16. The molecular weight excluding hydrogens is 568 g/mol. The van der Waals surface area contributed by atoms with E-state index in [0.29, 0.717) is 5.02 Å². The molecule has 9 rings (SSSR count). The molecule has 0 atom stereocenters. The lowest BCUT2D eigenvalue weighted by atomic mass is 9.89. The molecule has 0 aliphatic heterocycles. The number of aromatic nitrogens is 2. The van der Waals surface area contributed by atoms with Gasteiger partial charge in [0.2, 0.25) is 0 Å². The van der Waals surface area contributed by atoms with E-state index in [1.807, 2.05) is 24.3 Å². The van der Waals surface area contributed by atoms with E-state index >= 15 is 0 Å². The van der Waals surface area contributed by atoms with Crippen molar-refractivity contribution in [2.45, 2.75) is 0 Å². The van der Waals surface area contributed by atoms with E-state index in [0.717, 1.165) is 60.7 Å². The van der Waals surface area contributed by atoms with E-state index in [9.17, 15) is 0 Å². The van der Waals surface area contributed by atoms with Gasteiger partial charge in [-0.1, -0.05) is 133 Å². The molecule has 0 spiro atoms. The minimum Gasteiger partial charge on any atom is -0.248 e. The molecule has 45 heavy (non-hydrogen) atoms. The van der Waals surface area contributed by atoms with Crippen LogP contribution in [-0.4, -0.2) is 9.97 Å². The van der Waals surface area contributed by atoms with Gasteiger partial charge in [0.15, 0.2) is 0 Å². The second-order valence-corrected chi connectivity index (χ2v) is 11.9. The molecule has 0 aliphatic carbocycles. The van der Waals surface area contributed by atoms with E-state index in [-0.39, 0.29) is 0 Å². The molecule has 9 aromatic rings. The second-order valence-electron chi connectivity index (χ2n) is 11.5. The summed E-state index contributed by atoms with van der Waals surface area (Å²) in [7, 11) is 0. The molecule has 2 heterocycles. The van der Waals surface area contributed by atoms with Gasteiger partial charge in [-0.25, -0.2) is 9.97 Å². The summed E-state index contributed by atoms with van der Waals surface area (Å²) in [5.41, 5.74) is 8.12. The number of benzene rings is 7. The maximum atomic E-state index is 7.12. The van der Waals surface area contributed by atoms with Gasteiger partial charge < -0.3 is 0 Å². The molecule has 0 N–H and O–H groups in total. The van der Waals surface area contributed by atoms with Crippen LogP contribution < -0.4 is 0 Å². The number of nitrogens with zero attached hydrogens (tertiary/aromatic N) is 2.